The van der Waals surface area contributed by atoms with E-state index in [2.05, 4.69) is 33.0 Å². The Morgan fingerprint density at radius 1 is 1.21 bits per heavy atom. The minimum Gasteiger partial charge on any atom is -0.375 e. The van der Waals surface area contributed by atoms with Gasteiger partial charge in [0.25, 0.3) is 0 Å². The van der Waals surface area contributed by atoms with E-state index >= 15 is 0 Å². The normalized spacial score (nSPS) is 33.5. The minimum atomic E-state index is -2.90. The van der Waals surface area contributed by atoms with Gasteiger partial charge in [0, 0.05) is 18.2 Å². The van der Waals surface area contributed by atoms with Gasteiger partial charge in [0.15, 0.2) is 0 Å². The lowest BCUT2D eigenvalue weighted by Gasteiger charge is -2.30. The van der Waals surface area contributed by atoms with E-state index in [1.807, 2.05) is 0 Å². The number of ether oxygens (including phenoxy) is 1. The van der Waals surface area contributed by atoms with Crippen LogP contribution < -0.4 is 5.32 Å². The number of sulfone groups is 1. The fourth-order valence-corrected chi connectivity index (χ4v) is 3.77. The number of hydrogen-bond donors (Lipinski definition) is 1. The summed E-state index contributed by atoms with van der Waals surface area (Å²) in [7, 11) is -2.90. The second-order valence-electron chi connectivity index (χ2n) is 5.96. The summed E-state index contributed by atoms with van der Waals surface area (Å²) in [6, 6.07) is 0.227. The lowest BCUT2D eigenvalue weighted by molar-refractivity contribution is 0.0474. The first kappa shape index (κ1) is 16.9. The van der Waals surface area contributed by atoms with Gasteiger partial charge in [-0.3, -0.25) is 0 Å². The summed E-state index contributed by atoms with van der Waals surface area (Å²) in [6.07, 6.45) is 3.49. The highest BCUT2D eigenvalue weighted by molar-refractivity contribution is 7.90. The zero-order valence-electron chi connectivity index (χ0n) is 12.8. The standard InChI is InChI=1S/C14H29NO3S/c1-6-8-15-13(7-9-19(5,16)17)14-10(2)11(3)18-12(14)4/h10-15H,6-9H2,1-5H3. The van der Waals surface area contributed by atoms with Crippen molar-refractivity contribution < 1.29 is 13.2 Å². The lowest BCUT2D eigenvalue weighted by atomic mass is 9.82. The molecule has 1 aliphatic heterocycles. The Morgan fingerprint density at radius 2 is 1.84 bits per heavy atom. The summed E-state index contributed by atoms with van der Waals surface area (Å²) in [6.45, 7) is 9.47. The summed E-state index contributed by atoms with van der Waals surface area (Å²) in [5, 5.41) is 3.52. The molecule has 1 heterocycles. The van der Waals surface area contributed by atoms with E-state index in [1.165, 1.54) is 6.26 Å². The van der Waals surface area contributed by atoms with Crippen LogP contribution in [0.4, 0.5) is 0 Å². The fourth-order valence-electron chi connectivity index (χ4n) is 3.09. The molecule has 19 heavy (non-hydrogen) atoms. The van der Waals surface area contributed by atoms with Crippen molar-refractivity contribution in [3.8, 4) is 0 Å². The van der Waals surface area contributed by atoms with Crippen LogP contribution in [0.1, 0.15) is 40.5 Å². The molecule has 1 rings (SSSR count). The molecule has 1 saturated heterocycles. The van der Waals surface area contributed by atoms with Crippen LogP contribution in [-0.2, 0) is 14.6 Å². The van der Waals surface area contributed by atoms with Crippen LogP contribution in [0.5, 0.6) is 0 Å². The predicted molar refractivity (Wildman–Crippen MR) is 79.1 cm³/mol. The molecule has 0 amide bonds. The monoisotopic (exact) mass is 291 g/mol. The molecule has 4 nitrogen and oxygen atoms in total. The van der Waals surface area contributed by atoms with Crippen molar-refractivity contribution >= 4 is 9.84 Å². The zero-order chi connectivity index (χ0) is 14.6. The Hall–Kier alpha value is -0.130. The van der Waals surface area contributed by atoms with E-state index < -0.39 is 9.84 Å². The number of rotatable bonds is 7. The minimum absolute atomic E-state index is 0.193. The molecule has 0 spiro atoms. The maximum atomic E-state index is 11.4. The molecule has 0 aromatic heterocycles. The van der Waals surface area contributed by atoms with E-state index in [4.69, 9.17) is 4.74 Å². The highest BCUT2D eigenvalue weighted by Crippen LogP contribution is 2.35. The zero-order valence-corrected chi connectivity index (χ0v) is 13.7. The van der Waals surface area contributed by atoms with Crippen LogP contribution in [0, 0.1) is 11.8 Å². The van der Waals surface area contributed by atoms with Crippen LogP contribution in [0.3, 0.4) is 0 Å². The first-order valence-corrected chi connectivity index (χ1v) is 9.39. The van der Waals surface area contributed by atoms with Crippen molar-refractivity contribution in [3.63, 3.8) is 0 Å². The lowest BCUT2D eigenvalue weighted by Crippen LogP contribution is -2.43. The maximum Gasteiger partial charge on any atom is 0.147 e. The molecule has 0 aromatic rings. The summed E-state index contributed by atoms with van der Waals surface area (Å²) in [5.74, 6) is 1.10. The highest BCUT2D eigenvalue weighted by atomic mass is 32.2. The van der Waals surface area contributed by atoms with Gasteiger partial charge in [-0.05, 0) is 39.2 Å². The first-order valence-electron chi connectivity index (χ1n) is 7.32. The van der Waals surface area contributed by atoms with Gasteiger partial charge in [-0.1, -0.05) is 13.8 Å². The molecule has 114 valence electrons. The topological polar surface area (TPSA) is 55.4 Å². The molecule has 5 unspecified atom stereocenters. The summed E-state index contributed by atoms with van der Waals surface area (Å²) in [5.41, 5.74) is 0. The van der Waals surface area contributed by atoms with Crippen molar-refractivity contribution in [1.82, 2.24) is 5.32 Å². The van der Waals surface area contributed by atoms with Gasteiger partial charge in [0.05, 0.1) is 18.0 Å². The average molecular weight is 291 g/mol. The van der Waals surface area contributed by atoms with Crippen molar-refractivity contribution in [2.24, 2.45) is 11.8 Å². The molecular weight excluding hydrogens is 262 g/mol. The molecule has 5 heteroatoms. The van der Waals surface area contributed by atoms with E-state index in [0.717, 1.165) is 13.0 Å². The molecule has 0 saturated carbocycles. The Bertz CT molecular complexity index is 369. The highest BCUT2D eigenvalue weighted by Gasteiger charge is 2.41. The molecule has 0 bridgehead atoms. The van der Waals surface area contributed by atoms with Crippen molar-refractivity contribution in [1.29, 1.82) is 0 Å². The second-order valence-corrected chi connectivity index (χ2v) is 8.22. The van der Waals surface area contributed by atoms with E-state index in [-0.39, 0.29) is 24.0 Å². The van der Waals surface area contributed by atoms with Gasteiger partial charge in [0.2, 0.25) is 0 Å². The van der Waals surface area contributed by atoms with Crippen molar-refractivity contribution in [2.75, 3.05) is 18.6 Å². The van der Waals surface area contributed by atoms with E-state index in [9.17, 15) is 8.42 Å². The molecule has 1 aliphatic rings. The van der Waals surface area contributed by atoms with Crippen molar-refractivity contribution in [2.45, 2.75) is 58.8 Å². The Balaban J connectivity index is 2.72. The summed E-state index contributed by atoms with van der Waals surface area (Å²) >= 11 is 0. The molecule has 0 radical (unpaired) electrons. The Kier molecular flexibility index (Phi) is 6.27. The molecule has 1 fully saturated rings. The Labute approximate surface area is 118 Å². The summed E-state index contributed by atoms with van der Waals surface area (Å²) in [4.78, 5) is 0. The largest absolute Gasteiger partial charge is 0.375 e. The first-order chi connectivity index (χ1) is 8.76. The molecule has 0 aliphatic carbocycles. The van der Waals surface area contributed by atoms with Crippen LogP contribution >= 0.6 is 0 Å². The smallest absolute Gasteiger partial charge is 0.147 e. The van der Waals surface area contributed by atoms with Gasteiger partial charge in [0.1, 0.15) is 9.84 Å². The molecule has 0 aromatic carbocycles. The molecular formula is C14H29NO3S. The van der Waals surface area contributed by atoms with E-state index in [0.29, 0.717) is 18.3 Å². The quantitative estimate of drug-likeness (QED) is 0.778. The van der Waals surface area contributed by atoms with Crippen LogP contribution in [-0.4, -0.2) is 45.2 Å². The van der Waals surface area contributed by atoms with Crippen molar-refractivity contribution in [3.05, 3.63) is 0 Å². The van der Waals surface area contributed by atoms with Crippen LogP contribution in [0.25, 0.3) is 0 Å². The third-order valence-electron chi connectivity index (χ3n) is 4.24. The fraction of sp³-hybridized carbons (Fsp3) is 1.00. The van der Waals surface area contributed by atoms with E-state index in [1.54, 1.807) is 0 Å². The van der Waals surface area contributed by atoms with Crippen LogP contribution in [0.2, 0.25) is 0 Å². The number of hydrogen-bond acceptors (Lipinski definition) is 4. The Morgan fingerprint density at radius 3 is 2.26 bits per heavy atom. The SMILES string of the molecule is CCCNC(CCS(C)(=O)=O)C1C(C)OC(C)C1C. The number of nitrogens with one attached hydrogen (secondary N) is 1. The third-order valence-corrected chi connectivity index (χ3v) is 5.22. The molecule has 5 atom stereocenters. The van der Waals surface area contributed by atoms with Gasteiger partial charge >= 0.3 is 0 Å². The van der Waals surface area contributed by atoms with Gasteiger partial charge in [-0.25, -0.2) is 8.42 Å². The molecule has 1 N–H and O–H groups in total. The second kappa shape index (κ2) is 7.04. The predicted octanol–water partition coefficient (Wildman–Crippen LogP) is 1.85. The third kappa shape index (κ3) is 5.04. The van der Waals surface area contributed by atoms with Gasteiger partial charge < -0.3 is 10.1 Å². The van der Waals surface area contributed by atoms with Gasteiger partial charge in [-0.2, -0.15) is 0 Å². The maximum absolute atomic E-state index is 11.4. The van der Waals surface area contributed by atoms with Crippen LogP contribution in [0.15, 0.2) is 0 Å². The van der Waals surface area contributed by atoms with Gasteiger partial charge in [-0.15, -0.1) is 0 Å². The average Bonchev–Trinajstić information content (AvgIpc) is 2.53. The summed E-state index contributed by atoms with van der Waals surface area (Å²) < 4.78 is 28.7.